The number of fused-ring (bicyclic) bond motifs is 1. The molecule has 4 rings (SSSR count). The third kappa shape index (κ3) is 5.20. The number of aromatic nitrogens is 3. The summed E-state index contributed by atoms with van der Waals surface area (Å²) in [5.74, 6) is 1.99. The van der Waals surface area contributed by atoms with Gasteiger partial charge < -0.3 is 13.9 Å². The summed E-state index contributed by atoms with van der Waals surface area (Å²) in [6.07, 6.45) is 1.20. The highest BCUT2D eigenvalue weighted by atomic mass is 16.5. The SMILES string of the molecule is COc1ccc(Cc2nc(NC(=O)CCc3cc4c(C)cc(=O)oc4cc3OC)n[nH]2)cc1. The predicted octanol–water partition coefficient (Wildman–Crippen LogP) is 3.40. The molecule has 0 saturated carbocycles. The first kappa shape index (κ1) is 22.1. The van der Waals surface area contributed by atoms with E-state index in [9.17, 15) is 9.59 Å². The van der Waals surface area contributed by atoms with Crippen molar-refractivity contribution in [3.8, 4) is 11.5 Å². The standard InChI is InChI=1S/C24H24N4O5/c1-14-10-23(30)33-20-13-19(32-3)16(12-18(14)20)6-9-22(29)26-24-25-21(27-28-24)11-15-4-7-17(31-2)8-5-15/h4-5,7-8,10,12-13H,6,9,11H2,1-3H3,(H2,25,26,27,28,29). The van der Waals surface area contributed by atoms with Gasteiger partial charge in [0.25, 0.3) is 0 Å². The Kier molecular flexibility index (Phi) is 6.39. The fraction of sp³-hybridized carbons (Fsp3) is 0.250. The van der Waals surface area contributed by atoms with Gasteiger partial charge in [0, 0.05) is 30.4 Å². The van der Waals surface area contributed by atoms with Gasteiger partial charge in [-0.05, 0) is 48.2 Å². The Morgan fingerprint density at radius 3 is 2.64 bits per heavy atom. The largest absolute Gasteiger partial charge is 0.497 e. The van der Waals surface area contributed by atoms with E-state index in [0.717, 1.165) is 27.8 Å². The zero-order chi connectivity index (χ0) is 23.4. The fourth-order valence-electron chi connectivity index (χ4n) is 3.58. The Morgan fingerprint density at radius 1 is 1.12 bits per heavy atom. The molecule has 9 heteroatoms. The number of ether oxygens (including phenoxy) is 2. The number of aryl methyl sites for hydroxylation is 2. The van der Waals surface area contributed by atoms with E-state index in [1.165, 1.54) is 13.2 Å². The summed E-state index contributed by atoms with van der Waals surface area (Å²) in [7, 11) is 3.16. The number of anilines is 1. The molecule has 0 spiro atoms. The average Bonchev–Trinajstić information content (AvgIpc) is 3.24. The molecule has 0 bridgehead atoms. The number of carbonyl (C=O) groups is 1. The van der Waals surface area contributed by atoms with Crippen LogP contribution < -0.4 is 20.4 Å². The Balaban J connectivity index is 1.39. The molecule has 2 heterocycles. The minimum atomic E-state index is -0.410. The zero-order valence-electron chi connectivity index (χ0n) is 18.6. The average molecular weight is 448 g/mol. The molecule has 0 aliphatic carbocycles. The highest BCUT2D eigenvalue weighted by Crippen LogP contribution is 2.28. The van der Waals surface area contributed by atoms with Crippen molar-refractivity contribution in [3.63, 3.8) is 0 Å². The summed E-state index contributed by atoms with van der Waals surface area (Å²) in [6, 6.07) is 12.7. The van der Waals surface area contributed by atoms with Crippen molar-refractivity contribution in [1.82, 2.24) is 15.2 Å². The van der Waals surface area contributed by atoms with E-state index in [2.05, 4.69) is 20.5 Å². The lowest BCUT2D eigenvalue weighted by atomic mass is 10.0. The quantitative estimate of drug-likeness (QED) is 0.397. The predicted molar refractivity (Wildman–Crippen MR) is 123 cm³/mol. The van der Waals surface area contributed by atoms with Gasteiger partial charge in [0.15, 0.2) is 0 Å². The molecular formula is C24H24N4O5. The first-order chi connectivity index (χ1) is 15.9. The fourth-order valence-corrected chi connectivity index (χ4v) is 3.58. The number of amides is 1. The topological polar surface area (TPSA) is 119 Å². The van der Waals surface area contributed by atoms with Crippen LogP contribution in [-0.4, -0.2) is 35.3 Å². The van der Waals surface area contributed by atoms with Crippen molar-refractivity contribution in [2.75, 3.05) is 19.5 Å². The molecule has 170 valence electrons. The maximum Gasteiger partial charge on any atom is 0.336 e. The van der Waals surface area contributed by atoms with Crippen LogP contribution in [0.4, 0.5) is 5.95 Å². The molecule has 2 aromatic heterocycles. The Hall–Kier alpha value is -4.14. The third-order valence-corrected chi connectivity index (χ3v) is 5.29. The van der Waals surface area contributed by atoms with E-state index < -0.39 is 5.63 Å². The molecule has 0 aliphatic rings. The van der Waals surface area contributed by atoms with E-state index in [1.54, 1.807) is 13.2 Å². The van der Waals surface area contributed by atoms with Crippen LogP contribution in [0.15, 0.2) is 51.7 Å². The number of aromatic amines is 1. The molecule has 33 heavy (non-hydrogen) atoms. The minimum Gasteiger partial charge on any atom is -0.497 e. The van der Waals surface area contributed by atoms with Crippen molar-refractivity contribution < 1.29 is 18.7 Å². The number of carbonyl (C=O) groups excluding carboxylic acids is 1. The van der Waals surface area contributed by atoms with Gasteiger partial charge in [-0.25, -0.2) is 4.79 Å². The molecule has 2 N–H and O–H groups in total. The van der Waals surface area contributed by atoms with Crippen molar-refractivity contribution in [1.29, 1.82) is 0 Å². The van der Waals surface area contributed by atoms with Crippen LogP contribution >= 0.6 is 0 Å². The summed E-state index contributed by atoms with van der Waals surface area (Å²) < 4.78 is 15.8. The van der Waals surface area contributed by atoms with E-state index in [4.69, 9.17) is 13.9 Å². The third-order valence-electron chi connectivity index (χ3n) is 5.29. The first-order valence-electron chi connectivity index (χ1n) is 10.4. The highest BCUT2D eigenvalue weighted by Gasteiger charge is 2.13. The maximum atomic E-state index is 12.5. The van der Waals surface area contributed by atoms with Gasteiger partial charge >= 0.3 is 5.63 Å². The number of hydrogen-bond donors (Lipinski definition) is 2. The van der Waals surface area contributed by atoms with E-state index in [0.29, 0.717) is 30.0 Å². The summed E-state index contributed by atoms with van der Waals surface area (Å²) in [5, 5.41) is 10.4. The molecule has 9 nitrogen and oxygen atoms in total. The van der Waals surface area contributed by atoms with Crippen molar-refractivity contribution in [3.05, 3.63) is 75.4 Å². The monoisotopic (exact) mass is 448 g/mol. The molecule has 0 radical (unpaired) electrons. The molecule has 0 fully saturated rings. The number of rotatable bonds is 8. The van der Waals surface area contributed by atoms with Gasteiger partial charge in [-0.15, -0.1) is 5.10 Å². The van der Waals surface area contributed by atoms with Crippen LogP contribution in [0, 0.1) is 6.92 Å². The van der Waals surface area contributed by atoms with E-state index >= 15 is 0 Å². The van der Waals surface area contributed by atoms with E-state index in [-0.39, 0.29) is 18.3 Å². The summed E-state index contributed by atoms with van der Waals surface area (Å²) in [4.78, 5) is 28.4. The van der Waals surface area contributed by atoms with Gasteiger partial charge in [0.2, 0.25) is 11.9 Å². The molecule has 0 saturated heterocycles. The van der Waals surface area contributed by atoms with Crippen LogP contribution in [0.5, 0.6) is 11.5 Å². The molecule has 0 unspecified atom stereocenters. The van der Waals surface area contributed by atoms with Gasteiger partial charge in [0.05, 0.1) is 14.2 Å². The minimum absolute atomic E-state index is 0.208. The first-order valence-corrected chi connectivity index (χ1v) is 10.4. The van der Waals surface area contributed by atoms with Gasteiger partial charge in [-0.1, -0.05) is 12.1 Å². The maximum absolute atomic E-state index is 12.5. The lowest BCUT2D eigenvalue weighted by Crippen LogP contribution is -2.13. The number of benzene rings is 2. The molecule has 0 atom stereocenters. The lowest BCUT2D eigenvalue weighted by molar-refractivity contribution is -0.116. The van der Waals surface area contributed by atoms with Crippen LogP contribution in [-0.2, 0) is 17.6 Å². The number of methoxy groups -OCH3 is 2. The number of nitrogens with zero attached hydrogens (tertiary/aromatic N) is 2. The molecule has 0 aliphatic heterocycles. The summed E-state index contributed by atoms with van der Waals surface area (Å²) in [6.45, 7) is 1.84. The van der Waals surface area contributed by atoms with Crippen molar-refractivity contribution in [2.24, 2.45) is 0 Å². The normalized spacial score (nSPS) is 10.9. The van der Waals surface area contributed by atoms with Crippen molar-refractivity contribution in [2.45, 2.75) is 26.2 Å². The summed E-state index contributed by atoms with van der Waals surface area (Å²) in [5.41, 5.74) is 2.73. The zero-order valence-corrected chi connectivity index (χ0v) is 18.6. The molecule has 2 aromatic carbocycles. The molecule has 4 aromatic rings. The number of hydrogen-bond acceptors (Lipinski definition) is 7. The van der Waals surface area contributed by atoms with Gasteiger partial charge in [-0.2, -0.15) is 4.98 Å². The van der Waals surface area contributed by atoms with Crippen LogP contribution in [0.25, 0.3) is 11.0 Å². The molecular weight excluding hydrogens is 424 g/mol. The Bertz CT molecular complexity index is 1340. The highest BCUT2D eigenvalue weighted by molar-refractivity contribution is 5.89. The van der Waals surface area contributed by atoms with Gasteiger partial charge in [0.1, 0.15) is 22.9 Å². The smallest absolute Gasteiger partial charge is 0.336 e. The summed E-state index contributed by atoms with van der Waals surface area (Å²) >= 11 is 0. The lowest BCUT2D eigenvalue weighted by Gasteiger charge is -2.10. The second kappa shape index (κ2) is 9.56. The second-order valence-corrected chi connectivity index (χ2v) is 7.59. The number of nitrogens with one attached hydrogen (secondary N) is 2. The van der Waals surface area contributed by atoms with Crippen molar-refractivity contribution >= 4 is 22.8 Å². The Labute approximate surface area is 189 Å². The van der Waals surface area contributed by atoms with Crippen LogP contribution in [0.3, 0.4) is 0 Å². The van der Waals surface area contributed by atoms with Crippen LogP contribution in [0.1, 0.15) is 28.9 Å². The van der Waals surface area contributed by atoms with E-state index in [1.807, 2.05) is 37.3 Å². The van der Waals surface area contributed by atoms with Crippen LogP contribution in [0.2, 0.25) is 0 Å². The molecule has 1 amide bonds. The van der Waals surface area contributed by atoms with Gasteiger partial charge in [-0.3, -0.25) is 15.2 Å². The Morgan fingerprint density at radius 2 is 1.91 bits per heavy atom. The second-order valence-electron chi connectivity index (χ2n) is 7.59. The number of H-pyrrole nitrogens is 1.